The lowest BCUT2D eigenvalue weighted by Crippen LogP contribution is -2.46. The van der Waals surface area contributed by atoms with Crippen molar-refractivity contribution in [2.24, 2.45) is 0 Å². The zero-order valence-corrected chi connectivity index (χ0v) is 15.3. The molecule has 0 N–H and O–H groups in total. The van der Waals surface area contributed by atoms with Gasteiger partial charge < -0.3 is 4.90 Å². The van der Waals surface area contributed by atoms with Crippen LogP contribution in [0.15, 0.2) is 36.4 Å². The maximum absolute atomic E-state index is 11.0. The number of rotatable bonds is 4. The molecule has 0 spiro atoms. The summed E-state index contributed by atoms with van der Waals surface area (Å²) >= 11 is 6.22. The first-order chi connectivity index (χ1) is 12.0. The zero-order valence-electron chi connectivity index (χ0n) is 14.5. The van der Waals surface area contributed by atoms with E-state index in [1.807, 2.05) is 0 Å². The zero-order chi connectivity index (χ0) is 18.0. The first-order valence-electron chi connectivity index (χ1n) is 8.42. The van der Waals surface area contributed by atoms with Crippen molar-refractivity contribution in [3.63, 3.8) is 0 Å². The third-order valence-electron chi connectivity index (χ3n) is 4.92. The lowest BCUT2D eigenvalue weighted by molar-refractivity contribution is -0.384. The summed E-state index contributed by atoms with van der Waals surface area (Å²) in [6, 6.07) is 11.1. The average Bonchev–Trinajstić information content (AvgIpc) is 2.60. The van der Waals surface area contributed by atoms with E-state index in [9.17, 15) is 10.1 Å². The number of piperazine rings is 1. The molecule has 0 bridgehead atoms. The molecule has 2 aromatic carbocycles. The van der Waals surface area contributed by atoms with E-state index >= 15 is 0 Å². The second-order valence-electron chi connectivity index (χ2n) is 6.52. The topological polar surface area (TPSA) is 49.6 Å². The summed E-state index contributed by atoms with van der Waals surface area (Å²) in [6.07, 6.45) is 0. The standard InChI is InChI=1S/C19H22ClN3O2/c1-14-4-3-5-19(15(14)2)22-10-8-21(9-11-22)13-16-12-17(23(24)25)6-7-18(16)20/h3-7,12H,8-11,13H2,1-2H3. The van der Waals surface area contributed by atoms with Crippen molar-refractivity contribution in [2.75, 3.05) is 31.1 Å². The van der Waals surface area contributed by atoms with Crippen LogP contribution in [0.25, 0.3) is 0 Å². The van der Waals surface area contributed by atoms with Gasteiger partial charge in [0.05, 0.1) is 4.92 Å². The van der Waals surface area contributed by atoms with Gasteiger partial charge in [0.25, 0.3) is 5.69 Å². The molecule has 5 nitrogen and oxygen atoms in total. The molecule has 132 valence electrons. The van der Waals surface area contributed by atoms with Crippen LogP contribution in [0.5, 0.6) is 0 Å². The highest BCUT2D eigenvalue weighted by atomic mass is 35.5. The summed E-state index contributed by atoms with van der Waals surface area (Å²) in [5.74, 6) is 0. The Balaban J connectivity index is 1.66. The molecule has 0 amide bonds. The number of aryl methyl sites for hydroxylation is 1. The van der Waals surface area contributed by atoms with E-state index in [1.165, 1.54) is 22.9 Å². The van der Waals surface area contributed by atoms with Crippen molar-refractivity contribution in [3.05, 3.63) is 68.2 Å². The molecule has 1 saturated heterocycles. The van der Waals surface area contributed by atoms with Crippen LogP contribution in [0.3, 0.4) is 0 Å². The number of nitro groups is 1. The molecule has 0 aromatic heterocycles. The Kier molecular flexibility index (Phi) is 5.25. The van der Waals surface area contributed by atoms with Gasteiger partial charge in [0.15, 0.2) is 0 Å². The van der Waals surface area contributed by atoms with Crippen LogP contribution in [0, 0.1) is 24.0 Å². The molecule has 0 atom stereocenters. The van der Waals surface area contributed by atoms with Crippen molar-refractivity contribution in [2.45, 2.75) is 20.4 Å². The summed E-state index contributed by atoms with van der Waals surface area (Å²) in [6.45, 7) is 8.65. The summed E-state index contributed by atoms with van der Waals surface area (Å²) in [5.41, 5.74) is 4.85. The molecule has 0 unspecified atom stereocenters. The molecule has 1 fully saturated rings. The molecule has 1 heterocycles. The number of halogens is 1. The highest BCUT2D eigenvalue weighted by molar-refractivity contribution is 6.31. The largest absolute Gasteiger partial charge is 0.369 e. The Morgan fingerprint density at radius 3 is 2.52 bits per heavy atom. The minimum atomic E-state index is -0.377. The number of nitro benzene ring substituents is 1. The number of nitrogens with zero attached hydrogens (tertiary/aromatic N) is 3. The van der Waals surface area contributed by atoms with Gasteiger partial charge >= 0.3 is 0 Å². The van der Waals surface area contributed by atoms with E-state index in [1.54, 1.807) is 12.1 Å². The predicted molar refractivity (Wildman–Crippen MR) is 102 cm³/mol. The summed E-state index contributed by atoms with van der Waals surface area (Å²) < 4.78 is 0. The van der Waals surface area contributed by atoms with Crippen LogP contribution in [0.1, 0.15) is 16.7 Å². The second kappa shape index (κ2) is 7.42. The van der Waals surface area contributed by atoms with E-state index in [-0.39, 0.29) is 10.6 Å². The minimum absolute atomic E-state index is 0.0911. The smallest absolute Gasteiger partial charge is 0.269 e. The fourth-order valence-corrected chi connectivity index (χ4v) is 3.44. The maximum atomic E-state index is 11.0. The van der Waals surface area contributed by atoms with Gasteiger partial charge in [0, 0.05) is 55.6 Å². The molecule has 6 heteroatoms. The Morgan fingerprint density at radius 2 is 1.84 bits per heavy atom. The molecule has 1 aliphatic rings. The van der Waals surface area contributed by atoms with Crippen LogP contribution >= 0.6 is 11.6 Å². The lowest BCUT2D eigenvalue weighted by Gasteiger charge is -2.37. The number of hydrogen-bond donors (Lipinski definition) is 0. The van der Waals surface area contributed by atoms with Gasteiger partial charge in [-0.25, -0.2) is 0 Å². The molecule has 0 radical (unpaired) electrons. The predicted octanol–water partition coefficient (Wildman–Crippen LogP) is 4.19. The van der Waals surface area contributed by atoms with Crippen molar-refractivity contribution in [1.29, 1.82) is 0 Å². The molecule has 1 aliphatic heterocycles. The molecule has 2 aromatic rings. The van der Waals surface area contributed by atoms with Gasteiger partial charge in [-0.15, -0.1) is 0 Å². The highest BCUT2D eigenvalue weighted by Crippen LogP contribution is 2.26. The van der Waals surface area contributed by atoms with E-state index in [0.29, 0.717) is 11.6 Å². The number of non-ortho nitro benzene ring substituents is 1. The van der Waals surface area contributed by atoms with E-state index in [2.05, 4.69) is 41.8 Å². The Bertz CT molecular complexity index is 786. The number of anilines is 1. The summed E-state index contributed by atoms with van der Waals surface area (Å²) in [5, 5.41) is 11.5. The first kappa shape index (κ1) is 17.7. The number of benzene rings is 2. The van der Waals surface area contributed by atoms with Crippen molar-refractivity contribution in [1.82, 2.24) is 4.90 Å². The minimum Gasteiger partial charge on any atom is -0.369 e. The van der Waals surface area contributed by atoms with Gasteiger partial charge in [-0.1, -0.05) is 23.7 Å². The van der Waals surface area contributed by atoms with Crippen LogP contribution in [-0.4, -0.2) is 36.0 Å². The molecule has 0 saturated carbocycles. The summed E-state index contributed by atoms with van der Waals surface area (Å²) in [4.78, 5) is 15.3. The Morgan fingerprint density at radius 1 is 1.12 bits per heavy atom. The molecule has 3 rings (SSSR count). The van der Waals surface area contributed by atoms with Gasteiger partial charge in [-0.2, -0.15) is 0 Å². The van der Waals surface area contributed by atoms with Gasteiger partial charge in [-0.3, -0.25) is 15.0 Å². The van der Waals surface area contributed by atoms with E-state index in [0.717, 1.165) is 31.7 Å². The maximum Gasteiger partial charge on any atom is 0.269 e. The van der Waals surface area contributed by atoms with Crippen LogP contribution in [0.2, 0.25) is 5.02 Å². The Labute approximate surface area is 153 Å². The average molecular weight is 360 g/mol. The second-order valence-corrected chi connectivity index (χ2v) is 6.92. The normalized spacial score (nSPS) is 15.4. The third-order valence-corrected chi connectivity index (χ3v) is 5.29. The van der Waals surface area contributed by atoms with E-state index in [4.69, 9.17) is 11.6 Å². The SMILES string of the molecule is Cc1cccc(N2CCN(Cc3cc([N+](=O)[O-])ccc3Cl)CC2)c1C. The highest BCUT2D eigenvalue weighted by Gasteiger charge is 2.20. The van der Waals surface area contributed by atoms with Crippen molar-refractivity contribution >= 4 is 23.0 Å². The van der Waals surface area contributed by atoms with Gasteiger partial charge in [-0.05, 0) is 42.7 Å². The summed E-state index contributed by atoms with van der Waals surface area (Å²) in [7, 11) is 0. The molecule has 0 aliphatic carbocycles. The van der Waals surface area contributed by atoms with Crippen molar-refractivity contribution in [3.8, 4) is 0 Å². The van der Waals surface area contributed by atoms with E-state index < -0.39 is 0 Å². The fraction of sp³-hybridized carbons (Fsp3) is 0.368. The Hall–Kier alpha value is -2.11. The van der Waals surface area contributed by atoms with Crippen LogP contribution in [-0.2, 0) is 6.54 Å². The molecular weight excluding hydrogens is 338 g/mol. The van der Waals surface area contributed by atoms with Crippen molar-refractivity contribution < 1.29 is 4.92 Å². The molecular formula is C19H22ClN3O2. The van der Waals surface area contributed by atoms with Crippen LogP contribution < -0.4 is 4.90 Å². The lowest BCUT2D eigenvalue weighted by atomic mass is 10.1. The molecule has 25 heavy (non-hydrogen) atoms. The number of hydrogen-bond acceptors (Lipinski definition) is 4. The fourth-order valence-electron chi connectivity index (χ4n) is 3.26. The van der Waals surface area contributed by atoms with Gasteiger partial charge in [0.2, 0.25) is 0 Å². The monoisotopic (exact) mass is 359 g/mol. The third kappa shape index (κ3) is 3.94. The van der Waals surface area contributed by atoms with Gasteiger partial charge in [0.1, 0.15) is 0 Å². The van der Waals surface area contributed by atoms with Crippen LogP contribution in [0.4, 0.5) is 11.4 Å². The quantitative estimate of drug-likeness (QED) is 0.606. The first-order valence-corrected chi connectivity index (χ1v) is 8.80.